The molecule has 21 heavy (non-hydrogen) atoms. The maximum atomic E-state index is 12.1. The zero-order valence-corrected chi connectivity index (χ0v) is 13.2. The SMILES string of the molecule is CCOC(=O)C1CCCc2sc(-c3ccccc3C)nc21. The molecule has 1 unspecified atom stereocenters. The Kier molecular flexibility index (Phi) is 4.06. The van der Waals surface area contributed by atoms with Crippen LogP contribution in [0, 0.1) is 6.92 Å². The summed E-state index contributed by atoms with van der Waals surface area (Å²) >= 11 is 1.72. The van der Waals surface area contributed by atoms with Crippen molar-refractivity contribution < 1.29 is 9.53 Å². The van der Waals surface area contributed by atoms with Crippen molar-refractivity contribution in [2.75, 3.05) is 6.61 Å². The highest BCUT2D eigenvalue weighted by Crippen LogP contribution is 2.39. The maximum absolute atomic E-state index is 12.1. The normalized spacial score (nSPS) is 17.3. The van der Waals surface area contributed by atoms with E-state index in [4.69, 9.17) is 9.72 Å². The fourth-order valence-electron chi connectivity index (χ4n) is 2.82. The van der Waals surface area contributed by atoms with Crippen LogP contribution < -0.4 is 0 Å². The highest BCUT2D eigenvalue weighted by Gasteiger charge is 2.31. The van der Waals surface area contributed by atoms with Gasteiger partial charge >= 0.3 is 5.97 Å². The lowest BCUT2D eigenvalue weighted by Crippen LogP contribution is -2.20. The van der Waals surface area contributed by atoms with Crippen LogP contribution in [0.3, 0.4) is 0 Å². The van der Waals surface area contributed by atoms with Crippen molar-refractivity contribution in [2.45, 2.75) is 39.0 Å². The van der Waals surface area contributed by atoms with Crippen molar-refractivity contribution >= 4 is 17.3 Å². The Hall–Kier alpha value is -1.68. The Morgan fingerprint density at radius 2 is 2.24 bits per heavy atom. The summed E-state index contributed by atoms with van der Waals surface area (Å²) in [5.74, 6) is -0.303. The van der Waals surface area contributed by atoms with Gasteiger partial charge in [-0.15, -0.1) is 11.3 Å². The van der Waals surface area contributed by atoms with Crippen molar-refractivity contribution in [3.05, 3.63) is 40.4 Å². The number of aryl methyl sites for hydroxylation is 2. The van der Waals surface area contributed by atoms with Crippen molar-refractivity contribution in [2.24, 2.45) is 0 Å². The second-order valence-corrected chi connectivity index (χ2v) is 6.42. The third-order valence-electron chi connectivity index (χ3n) is 3.90. The number of carbonyl (C=O) groups is 1. The van der Waals surface area contributed by atoms with Gasteiger partial charge in [-0.1, -0.05) is 24.3 Å². The summed E-state index contributed by atoms with van der Waals surface area (Å²) in [6.45, 7) is 4.37. The third-order valence-corrected chi connectivity index (χ3v) is 5.07. The van der Waals surface area contributed by atoms with Gasteiger partial charge in [0.1, 0.15) is 10.9 Å². The number of ether oxygens (including phenoxy) is 1. The van der Waals surface area contributed by atoms with Crippen molar-refractivity contribution in [3.63, 3.8) is 0 Å². The summed E-state index contributed by atoms with van der Waals surface area (Å²) < 4.78 is 5.20. The number of nitrogens with zero attached hydrogens (tertiary/aromatic N) is 1. The van der Waals surface area contributed by atoms with E-state index in [1.165, 1.54) is 16.0 Å². The first-order valence-electron chi connectivity index (χ1n) is 7.43. The molecule has 1 aliphatic rings. The molecule has 0 amide bonds. The zero-order valence-electron chi connectivity index (χ0n) is 12.4. The lowest BCUT2D eigenvalue weighted by atomic mass is 9.91. The second kappa shape index (κ2) is 5.98. The summed E-state index contributed by atoms with van der Waals surface area (Å²) in [6, 6.07) is 8.26. The van der Waals surface area contributed by atoms with Crippen LogP contribution >= 0.6 is 11.3 Å². The van der Waals surface area contributed by atoms with E-state index in [2.05, 4.69) is 19.1 Å². The average Bonchev–Trinajstić information content (AvgIpc) is 2.91. The molecule has 3 rings (SSSR count). The van der Waals surface area contributed by atoms with Crippen molar-refractivity contribution in [1.82, 2.24) is 4.98 Å². The molecule has 0 bridgehead atoms. The molecule has 0 saturated heterocycles. The fraction of sp³-hybridized carbons (Fsp3) is 0.412. The molecule has 0 aliphatic heterocycles. The van der Waals surface area contributed by atoms with Gasteiger partial charge in [0.25, 0.3) is 0 Å². The Bertz CT molecular complexity index is 663. The number of fused-ring (bicyclic) bond motifs is 1. The first-order valence-corrected chi connectivity index (χ1v) is 8.24. The van der Waals surface area contributed by atoms with Gasteiger partial charge in [0.15, 0.2) is 0 Å². The molecule has 4 heteroatoms. The third kappa shape index (κ3) is 2.72. The number of aromatic nitrogens is 1. The van der Waals surface area contributed by atoms with Crippen molar-refractivity contribution in [1.29, 1.82) is 0 Å². The van der Waals surface area contributed by atoms with E-state index in [9.17, 15) is 4.79 Å². The van der Waals surface area contributed by atoms with Gasteiger partial charge in [-0.2, -0.15) is 0 Å². The van der Waals surface area contributed by atoms with Crippen LogP contribution in [0.25, 0.3) is 10.6 Å². The first kappa shape index (κ1) is 14.3. The maximum Gasteiger partial charge on any atom is 0.315 e. The summed E-state index contributed by atoms with van der Waals surface area (Å²) in [5.41, 5.74) is 3.33. The number of benzene rings is 1. The lowest BCUT2D eigenvalue weighted by molar-refractivity contribution is -0.145. The Morgan fingerprint density at radius 1 is 1.43 bits per heavy atom. The topological polar surface area (TPSA) is 39.2 Å². The Morgan fingerprint density at radius 3 is 3.00 bits per heavy atom. The largest absolute Gasteiger partial charge is 0.465 e. The predicted molar refractivity (Wildman–Crippen MR) is 84.6 cm³/mol. The molecule has 0 fully saturated rings. The molecular weight excluding hydrogens is 282 g/mol. The summed E-state index contributed by atoms with van der Waals surface area (Å²) in [7, 11) is 0. The number of esters is 1. The molecule has 1 heterocycles. The van der Waals surface area contributed by atoms with Gasteiger partial charge in [-0.25, -0.2) is 4.98 Å². The molecule has 1 aliphatic carbocycles. The Balaban J connectivity index is 1.98. The fourth-order valence-corrected chi connectivity index (χ4v) is 4.07. The zero-order chi connectivity index (χ0) is 14.8. The Labute approximate surface area is 129 Å². The summed E-state index contributed by atoms with van der Waals surface area (Å²) in [5, 5.41) is 1.02. The molecule has 110 valence electrons. The molecule has 0 saturated carbocycles. The molecular formula is C17H19NO2S. The van der Waals surface area contributed by atoms with E-state index in [1.807, 2.05) is 19.1 Å². The van der Waals surface area contributed by atoms with E-state index in [-0.39, 0.29) is 11.9 Å². The smallest absolute Gasteiger partial charge is 0.315 e. The van der Waals surface area contributed by atoms with E-state index in [0.29, 0.717) is 6.61 Å². The van der Waals surface area contributed by atoms with Gasteiger partial charge < -0.3 is 4.74 Å². The summed E-state index contributed by atoms with van der Waals surface area (Å²) in [4.78, 5) is 18.1. The van der Waals surface area contributed by atoms with Crippen LogP contribution in [0.2, 0.25) is 0 Å². The number of thiazole rings is 1. The van der Waals surface area contributed by atoms with Crippen LogP contribution in [-0.2, 0) is 16.0 Å². The minimum atomic E-state index is -0.178. The standard InChI is InChI=1S/C17H19NO2S/c1-3-20-17(19)13-9-6-10-14-15(13)18-16(21-14)12-8-5-4-7-11(12)2/h4-5,7-8,13H,3,6,9-10H2,1-2H3. The molecule has 1 atom stereocenters. The first-order chi connectivity index (χ1) is 10.2. The molecule has 0 N–H and O–H groups in total. The van der Waals surface area contributed by atoms with Crippen LogP contribution in [0.15, 0.2) is 24.3 Å². The van der Waals surface area contributed by atoms with Gasteiger partial charge in [-0.05, 0) is 38.7 Å². The van der Waals surface area contributed by atoms with Gasteiger partial charge in [-0.3, -0.25) is 4.79 Å². The van der Waals surface area contributed by atoms with Gasteiger partial charge in [0.2, 0.25) is 0 Å². The monoisotopic (exact) mass is 301 g/mol. The molecule has 2 aromatic rings. The minimum Gasteiger partial charge on any atom is -0.465 e. The lowest BCUT2D eigenvalue weighted by Gasteiger charge is -2.19. The quantitative estimate of drug-likeness (QED) is 0.801. The second-order valence-electron chi connectivity index (χ2n) is 5.34. The number of hydrogen-bond acceptors (Lipinski definition) is 4. The van der Waals surface area contributed by atoms with E-state index < -0.39 is 0 Å². The van der Waals surface area contributed by atoms with Crippen LogP contribution in [0.4, 0.5) is 0 Å². The molecule has 3 nitrogen and oxygen atoms in total. The minimum absolute atomic E-state index is 0.125. The molecule has 1 aromatic carbocycles. The van der Waals surface area contributed by atoms with Crippen LogP contribution in [0.1, 0.15) is 41.8 Å². The van der Waals surface area contributed by atoms with Crippen LogP contribution in [-0.4, -0.2) is 17.6 Å². The molecule has 0 spiro atoms. The van der Waals surface area contributed by atoms with Gasteiger partial charge in [0.05, 0.1) is 12.3 Å². The van der Waals surface area contributed by atoms with Crippen molar-refractivity contribution in [3.8, 4) is 10.6 Å². The van der Waals surface area contributed by atoms with Crippen LogP contribution in [0.5, 0.6) is 0 Å². The number of carbonyl (C=O) groups excluding carboxylic acids is 1. The molecule has 1 aromatic heterocycles. The highest BCUT2D eigenvalue weighted by atomic mass is 32.1. The van der Waals surface area contributed by atoms with E-state index in [1.54, 1.807) is 11.3 Å². The van der Waals surface area contributed by atoms with Gasteiger partial charge in [0, 0.05) is 10.4 Å². The van der Waals surface area contributed by atoms with E-state index >= 15 is 0 Å². The molecule has 0 radical (unpaired) electrons. The number of rotatable bonds is 3. The predicted octanol–water partition coefficient (Wildman–Crippen LogP) is 4.10. The highest BCUT2D eigenvalue weighted by molar-refractivity contribution is 7.15. The van der Waals surface area contributed by atoms with E-state index in [0.717, 1.165) is 30.0 Å². The summed E-state index contributed by atoms with van der Waals surface area (Å²) in [6.07, 6.45) is 2.91. The average molecular weight is 301 g/mol. The number of hydrogen-bond donors (Lipinski definition) is 0.